The van der Waals surface area contributed by atoms with Gasteiger partial charge in [0.25, 0.3) is 0 Å². The lowest BCUT2D eigenvalue weighted by Gasteiger charge is -2.27. The summed E-state index contributed by atoms with van der Waals surface area (Å²) in [7, 11) is 0. The van der Waals surface area contributed by atoms with Gasteiger partial charge in [-0.1, -0.05) is 36.4 Å². The van der Waals surface area contributed by atoms with E-state index in [9.17, 15) is 0 Å². The van der Waals surface area contributed by atoms with Gasteiger partial charge in [0.2, 0.25) is 0 Å². The maximum Gasteiger partial charge on any atom is 0.161 e. The fourth-order valence-electron chi connectivity index (χ4n) is 3.19. The van der Waals surface area contributed by atoms with Crippen molar-refractivity contribution < 1.29 is 9.47 Å². The highest BCUT2D eigenvalue weighted by Gasteiger charge is 2.09. The van der Waals surface area contributed by atoms with Crippen molar-refractivity contribution in [2.75, 3.05) is 45.9 Å². The molecule has 0 atom stereocenters. The number of ether oxygens (including phenoxy) is 2. The standard InChI is InChI=1S/C22H31N3O2/c1-2-26-22-16-20(17-24-12-15-25-13-10-23-11-14-25)8-9-21(22)27-18-19-6-4-3-5-7-19/h3-9,16,23-24H,2,10-15,17-18H2,1H3. The molecule has 1 aliphatic rings. The van der Waals surface area contributed by atoms with Crippen molar-refractivity contribution in [2.45, 2.75) is 20.1 Å². The van der Waals surface area contributed by atoms with E-state index in [1.807, 2.05) is 31.2 Å². The smallest absolute Gasteiger partial charge is 0.161 e. The molecule has 0 amide bonds. The van der Waals surface area contributed by atoms with E-state index >= 15 is 0 Å². The van der Waals surface area contributed by atoms with Crippen LogP contribution in [0.25, 0.3) is 0 Å². The first-order valence-electron chi connectivity index (χ1n) is 9.91. The molecule has 3 rings (SSSR count). The van der Waals surface area contributed by atoms with Gasteiger partial charge in [0.15, 0.2) is 11.5 Å². The average molecular weight is 370 g/mol. The Kier molecular flexibility index (Phi) is 7.96. The van der Waals surface area contributed by atoms with Crippen LogP contribution >= 0.6 is 0 Å². The molecular weight excluding hydrogens is 338 g/mol. The van der Waals surface area contributed by atoms with Crippen molar-refractivity contribution in [3.63, 3.8) is 0 Å². The number of rotatable bonds is 10. The Labute approximate surface area is 162 Å². The van der Waals surface area contributed by atoms with E-state index in [2.05, 4.69) is 39.8 Å². The molecule has 0 spiro atoms. The summed E-state index contributed by atoms with van der Waals surface area (Å²) in [4.78, 5) is 2.50. The Balaban J connectivity index is 1.49. The zero-order chi connectivity index (χ0) is 18.7. The molecule has 27 heavy (non-hydrogen) atoms. The molecular formula is C22H31N3O2. The van der Waals surface area contributed by atoms with E-state index in [4.69, 9.17) is 9.47 Å². The monoisotopic (exact) mass is 369 g/mol. The average Bonchev–Trinajstić information content (AvgIpc) is 2.72. The summed E-state index contributed by atoms with van der Waals surface area (Å²) in [5.74, 6) is 1.61. The molecule has 1 saturated heterocycles. The van der Waals surface area contributed by atoms with Crippen LogP contribution in [0.1, 0.15) is 18.1 Å². The van der Waals surface area contributed by atoms with Gasteiger partial charge in [-0.25, -0.2) is 0 Å². The summed E-state index contributed by atoms with van der Waals surface area (Å²) >= 11 is 0. The molecule has 0 aliphatic carbocycles. The van der Waals surface area contributed by atoms with E-state index in [-0.39, 0.29) is 0 Å². The summed E-state index contributed by atoms with van der Waals surface area (Å²) < 4.78 is 11.8. The van der Waals surface area contributed by atoms with Crippen molar-refractivity contribution in [1.82, 2.24) is 15.5 Å². The predicted octanol–water partition coefficient (Wildman–Crippen LogP) is 2.66. The minimum absolute atomic E-state index is 0.545. The van der Waals surface area contributed by atoms with Gasteiger partial charge in [-0.2, -0.15) is 0 Å². The maximum absolute atomic E-state index is 5.98. The van der Waals surface area contributed by atoms with Crippen LogP contribution in [0.2, 0.25) is 0 Å². The van der Waals surface area contributed by atoms with E-state index in [1.165, 1.54) is 5.56 Å². The molecule has 2 aromatic carbocycles. The Morgan fingerprint density at radius 3 is 2.56 bits per heavy atom. The van der Waals surface area contributed by atoms with Crippen LogP contribution < -0.4 is 20.1 Å². The number of hydrogen-bond acceptors (Lipinski definition) is 5. The number of hydrogen-bond donors (Lipinski definition) is 2. The van der Waals surface area contributed by atoms with Crippen molar-refractivity contribution >= 4 is 0 Å². The Morgan fingerprint density at radius 2 is 1.78 bits per heavy atom. The Bertz CT molecular complexity index is 673. The first-order chi connectivity index (χ1) is 13.3. The molecule has 0 radical (unpaired) electrons. The molecule has 2 N–H and O–H groups in total. The molecule has 2 aromatic rings. The molecule has 0 aromatic heterocycles. The van der Waals surface area contributed by atoms with Crippen molar-refractivity contribution in [1.29, 1.82) is 0 Å². The van der Waals surface area contributed by atoms with Crippen molar-refractivity contribution in [3.05, 3.63) is 59.7 Å². The van der Waals surface area contributed by atoms with Crippen LogP contribution in [0.5, 0.6) is 11.5 Å². The van der Waals surface area contributed by atoms with Gasteiger partial charge < -0.3 is 20.1 Å². The second-order valence-corrected chi connectivity index (χ2v) is 6.76. The molecule has 5 nitrogen and oxygen atoms in total. The van der Waals surface area contributed by atoms with E-state index in [1.54, 1.807) is 0 Å². The summed E-state index contributed by atoms with van der Waals surface area (Å²) in [6, 6.07) is 16.4. The van der Waals surface area contributed by atoms with Crippen LogP contribution in [-0.2, 0) is 13.2 Å². The Hall–Kier alpha value is -2.08. The van der Waals surface area contributed by atoms with Gasteiger partial charge in [-0.3, -0.25) is 4.90 Å². The minimum Gasteiger partial charge on any atom is -0.490 e. The highest BCUT2D eigenvalue weighted by Crippen LogP contribution is 2.29. The van der Waals surface area contributed by atoms with E-state index in [0.717, 1.165) is 62.9 Å². The first kappa shape index (κ1) is 19.7. The van der Waals surface area contributed by atoms with Gasteiger partial charge in [0.1, 0.15) is 6.61 Å². The summed E-state index contributed by atoms with van der Waals surface area (Å²) in [5, 5.41) is 6.92. The zero-order valence-corrected chi connectivity index (χ0v) is 16.2. The third-order valence-electron chi connectivity index (χ3n) is 4.69. The lowest BCUT2D eigenvalue weighted by molar-refractivity contribution is 0.241. The third kappa shape index (κ3) is 6.54. The lowest BCUT2D eigenvalue weighted by Crippen LogP contribution is -2.45. The van der Waals surface area contributed by atoms with Gasteiger partial charge in [-0.05, 0) is 30.2 Å². The highest BCUT2D eigenvalue weighted by molar-refractivity contribution is 5.43. The second-order valence-electron chi connectivity index (χ2n) is 6.76. The fourth-order valence-corrected chi connectivity index (χ4v) is 3.19. The molecule has 146 valence electrons. The molecule has 1 aliphatic heterocycles. The minimum atomic E-state index is 0.545. The van der Waals surface area contributed by atoms with Crippen LogP contribution in [0.4, 0.5) is 0 Å². The van der Waals surface area contributed by atoms with Crippen LogP contribution in [0, 0.1) is 0 Å². The van der Waals surface area contributed by atoms with Gasteiger partial charge in [0.05, 0.1) is 6.61 Å². The van der Waals surface area contributed by atoms with Crippen LogP contribution in [-0.4, -0.2) is 50.8 Å². The fraction of sp³-hybridized carbons (Fsp3) is 0.455. The summed E-state index contributed by atoms with van der Waals surface area (Å²) in [5.41, 5.74) is 2.37. The van der Waals surface area contributed by atoms with Crippen LogP contribution in [0.15, 0.2) is 48.5 Å². The number of nitrogens with zero attached hydrogens (tertiary/aromatic N) is 1. The van der Waals surface area contributed by atoms with Gasteiger partial charge in [-0.15, -0.1) is 0 Å². The number of nitrogens with one attached hydrogen (secondary N) is 2. The van der Waals surface area contributed by atoms with E-state index in [0.29, 0.717) is 13.2 Å². The molecule has 1 heterocycles. The molecule has 0 bridgehead atoms. The second kappa shape index (κ2) is 10.9. The Morgan fingerprint density at radius 1 is 0.963 bits per heavy atom. The quantitative estimate of drug-likeness (QED) is 0.631. The van der Waals surface area contributed by atoms with Crippen LogP contribution in [0.3, 0.4) is 0 Å². The summed E-state index contributed by atoms with van der Waals surface area (Å²) in [6.07, 6.45) is 0. The van der Waals surface area contributed by atoms with Crippen molar-refractivity contribution in [3.8, 4) is 11.5 Å². The number of benzene rings is 2. The first-order valence-corrected chi connectivity index (χ1v) is 9.91. The largest absolute Gasteiger partial charge is 0.490 e. The molecule has 0 unspecified atom stereocenters. The topological polar surface area (TPSA) is 45.8 Å². The lowest BCUT2D eigenvalue weighted by atomic mass is 10.2. The normalized spacial score (nSPS) is 14.9. The predicted molar refractivity (Wildman–Crippen MR) is 109 cm³/mol. The maximum atomic E-state index is 5.98. The van der Waals surface area contributed by atoms with E-state index < -0.39 is 0 Å². The number of piperazine rings is 1. The zero-order valence-electron chi connectivity index (χ0n) is 16.2. The van der Waals surface area contributed by atoms with Gasteiger partial charge >= 0.3 is 0 Å². The molecule has 5 heteroatoms. The third-order valence-corrected chi connectivity index (χ3v) is 4.69. The molecule has 1 fully saturated rings. The molecule has 0 saturated carbocycles. The van der Waals surface area contributed by atoms with Gasteiger partial charge in [0, 0.05) is 45.8 Å². The highest BCUT2D eigenvalue weighted by atomic mass is 16.5. The SMILES string of the molecule is CCOc1cc(CNCCN2CCNCC2)ccc1OCc1ccccc1. The van der Waals surface area contributed by atoms with Crippen molar-refractivity contribution in [2.24, 2.45) is 0 Å². The summed E-state index contributed by atoms with van der Waals surface area (Å²) in [6.45, 7) is 10.6.